The van der Waals surface area contributed by atoms with E-state index in [0.29, 0.717) is 12.0 Å². The van der Waals surface area contributed by atoms with Gasteiger partial charge in [0.15, 0.2) is 0 Å². The number of aromatic nitrogens is 3. The smallest absolute Gasteiger partial charge is 0.225 e. The van der Waals surface area contributed by atoms with Crippen molar-refractivity contribution in [3.63, 3.8) is 0 Å². The van der Waals surface area contributed by atoms with E-state index in [1.807, 2.05) is 24.4 Å². The molecule has 0 aliphatic heterocycles. The highest BCUT2D eigenvalue weighted by Gasteiger charge is 2.14. The Kier molecular flexibility index (Phi) is 4.40. The Bertz CT molecular complexity index is 587. The van der Waals surface area contributed by atoms with Crippen LogP contribution in [0.4, 0.5) is 11.8 Å². The predicted octanol–water partition coefficient (Wildman–Crippen LogP) is 3.57. The molecule has 5 heteroatoms. The average Bonchev–Trinajstić information content (AvgIpc) is 2.36. The maximum absolute atomic E-state index is 4.59. The van der Waals surface area contributed by atoms with Crippen LogP contribution < -0.4 is 10.6 Å². The molecule has 0 saturated carbocycles. The molecule has 0 aromatic carbocycles. The van der Waals surface area contributed by atoms with Crippen molar-refractivity contribution in [1.29, 1.82) is 0 Å². The van der Waals surface area contributed by atoms with Crippen LogP contribution in [0.3, 0.4) is 0 Å². The molecule has 2 heterocycles. The van der Waals surface area contributed by atoms with Crippen LogP contribution in [0.5, 0.6) is 0 Å². The minimum Gasteiger partial charge on any atom is -0.368 e. The van der Waals surface area contributed by atoms with Gasteiger partial charge in [-0.05, 0) is 46.8 Å². The van der Waals surface area contributed by atoms with E-state index >= 15 is 0 Å². The normalized spacial score (nSPS) is 11.5. The number of hydrogen-bond donors (Lipinski definition) is 2. The van der Waals surface area contributed by atoms with Crippen LogP contribution in [-0.2, 0) is 0 Å². The molecule has 2 N–H and O–H groups in total. The molecule has 5 nitrogen and oxygen atoms in total. The maximum atomic E-state index is 4.59. The van der Waals surface area contributed by atoms with Gasteiger partial charge >= 0.3 is 0 Å². The third kappa shape index (κ3) is 4.70. The highest BCUT2D eigenvalue weighted by Crippen LogP contribution is 2.22. The van der Waals surface area contributed by atoms with Gasteiger partial charge in [0, 0.05) is 35.6 Å². The molecule has 112 valence electrons. The van der Waals surface area contributed by atoms with Crippen molar-refractivity contribution in [1.82, 2.24) is 15.0 Å². The Hall–Kier alpha value is -2.17. The Morgan fingerprint density at radius 3 is 2.48 bits per heavy atom. The third-order valence-electron chi connectivity index (χ3n) is 2.61. The predicted molar refractivity (Wildman–Crippen MR) is 87.4 cm³/mol. The summed E-state index contributed by atoms with van der Waals surface area (Å²) in [4.78, 5) is 13.3. The Morgan fingerprint density at radius 2 is 1.90 bits per heavy atom. The lowest BCUT2D eigenvalue weighted by molar-refractivity contribution is 0.626. The lowest BCUT2D eigenvalue weighted by atomic mass is 10.1. The first-order chi connectivity index (χ1) is 9.83. The molecular weight excluding hydrogens is 262 g/mol. The zero-order valence-electron chi connectivity index (χ0n) is 13.3. The molecule has 0 amide bonds. The monoisotopic (exact) mass is 285 g/mol. The van der Waals surface area contributed by atoms with Gasteiger partial charge in [-0.2, -0.15) is 4.98 Å². The number of nitrogens with one attached hydrogen (secondary N) is 2. The van der Waals surface area contributed by atoms with Gasteiger partial charge in [0.2, 0.25) is 5.95 Å². The fourth-order valence-electron chi connectivity index (χ4n) is 1.87. The van der Waals surface area contributed by atoms with Gasteiger partial charge in [-0.25, -0.2) is 4.98 Å². The highest BCUT2D eigenvalue weighted by atomic mass is 15.2. The summed E-state index contributed by atoms with van der Waals surface area (Å²) in [5.74, 6) is 1.43. The summed E-state index contributed by atoms with van der Waals surface area (Å²) >= 11 is 0. The van der Waals surface area contributed by atoms with Crippen molar-refractivity contribution in [3.8, 4) is 11.3 Å². The SMILES string of the molecule is CC(C)Nc1cc(-c2cccnc2)nc(NC(C)(C)C)n1. The Labute approximate surface area is 126 Å². The fourth-order valence-corrected chi connectivity index (χ4v) is 1.87. The lowest BCUT2D eigenvalue weighted by Gasteiger charge is -2.21. The Balaban J connectivity index is 2.42. The number of pyridine rings is 1. The van der Waals surface area contributed by atoms with Crippen molar-refractivity contribution in [2.24, 2.45) is 0 Å². The van der Waals surface area contributed by atoms with Gasteiger partial charge in [0.05, 0.1) is 5.69 Å². The number of hydrogen-bond acceptors (Lipinski definition) is 5. The van der Waals surface area contributed by atoms with Gasteiger partial charge in [0.1, 0.15) is 5.82 Å². The standard InChI is InChI=1S/C16H23N5/c1-11(2)18-14-9-13(12-7-6-8-17-10-12)19-15(20-14)21-16(3,4)5/h6-11H,1-5H3,(H2,18,19,20,21). The van der Waals surface area contributed by atoms with E-state index < -0.39 is 0 Å². The van der Waals surface area contributed by atoms with Crippen LogP contribution in [0, 0.1) is 0 Å². The second kappa shape index (κ2) is 6.08. The minimum atomic E-state index is -0.0946. The largest absolute Gasteiger partial charge is 0.368 e. The van der Waals surface area contributed by atoms with Gasteiger partial charge in [-0.15, -0.1) is 0 Å². The molecule has 0 spiro atoms. The van der Waals surface area contributed by atoms with Gasteiger partial charge in [0.25, 0.3) is 0 Å². The molecule has 2 aromatic heterocycles. The van der Waals surface area contributed by atoms with E-state index in [1.54, 1.807) is 6.20 Å². The summed E-state index contributed by atoms with van der Waals surface area (Å²) in [5, 5.41) is 6.65. The first-order valence-electron chi connectivity index (χ1n) is 7.18. The summed E-state index contributed by atoms with van der Waals surface area (Å²) < 4.78 is 0. The first-order valence-corrected chi connectivity index (χ1v) is 7.18. The molecule has 2 aromatic rings. The Morgan fingerprint density at radius 1 is 1.14 bits per heavy atom. The van der Waals surface area contributed by atoms with Crippen molar-refractivity contribution < 1.29 is 0 Å². The zero-order chi connectivity index (χ0) is 15.5. The molecular formula is C16H23N5. The maximum Gasteiger partial charge on any atom is 0.225 e. The number of anilines is 2. The van der Waals surface area contributed by atoms with Crippen LogP contribution in [0.15, 0.2) is 30.6 Å². The van der Waals surface area contributed by atoms with Crippen LogP contribution in [-0.4, -0.2) is 26.5 Å². The molecule has 0 radical (unpaired) electrons. The minimum absolute atomic E-state index is 0.0946. The van der Waals surface area contributed by atoms with Crippen LogP contribution in [0.1, 0.15) is 34.6 Å². The molecule has 0 unspecified atom stereocenters. The first kappa shape index (κ1) is 15.2. The quantitative estimate of drug-likeness (QED) is 0.899. The molecule has 0 bridgehead atoms. The van der Waals surface area contributed by atoms with Crippen molar-refractivity contribution in [2.75, 3.05) is 10.6 Å². The summed E-state index contributed by atoms with van der Waals surface area (Å²) in [6, 6.07) is 6.16. The van der Waals surface area contributed by atoms with Crippen molar-refractivity contribution in [3.05, 3.63) is 30.6 Å². The van der Waals surface area contributed by atoms with Crippen LogP contribution in [0.25, 0.3) is 11.3 Å². The number of rotatable bonds is 4. The van der Waals surface area contributed by atoms with Crippen molar-refractivity contribution in [2.45, 2.75) is 46.2 Å². The molecule has 0 saturated heterocycles. The molecule has 0 aliphatic carbocycles. The van der Waals surface area contributed by atoms with Gasteiger partial charge < -0.3 is 10.6 Å². The van der Waals surface area contributed by atoms with Crippen LogP contribution >= 0.6 is 0 Å². The van der Waals surface area contributed by atoms with E-state index in [9.17, 15) is 0 Å². The van der Waals surface area contributed by atoms with Gasteiger partial charge in [-0.3, -0.25) is 4.98 Å². The summed E-state index contributed by atoms with van der Waals surface area (Å²) in [7, 11) is 0. The summed E-state index contributed by atoms with van der Waals surface area (Å²) in [6.45, 7) is 10.4. The van der Waals surface area contributed by atoms with E-state index in [1.165, 1.54) is 0 Å². The molecule has 0 atom stereocenters. The van der Waals surface area contributed by atoms with E-state index in [2.05, 4.69) is 60.2 Å². The lowest BCUT2D eigenvalue weighted by Crippen LogP contribution is -2.27. The molecule has 2 rings (SSSR count). The zero-order valence-corrected chi connectivity index (χ0v) is 13.3. The van der Waals surface area contributed by atoms with Crippen molar-refractivity contribution >= 4 is 11.8 Å². The van der Waals surface area contributed by atoms with E-state index in [4.69, 9.17) is 0 Å². The summed E-state index contributed by atoms with van der Waals surface area (Å²) in [5.41, 5.74) is 1.74. The fraction of sp³-hybridized carbons (Fsp3) is 0.438. The third-order valence-corrected chi connectivity index (χ3v) is 2.61. The topological polar surface area (TPSA) is 62.7 Å². The molecule has 0 fully saturated rings. The molecule has 0 aliphatic rings. The average molecular weight is 285 g/mol. The highest BCUT2D eigenvalue weighted by molar-refractivity contribution is 5.63. The molecule has 21 heavy (non-hydrogen) atoms. The van der Waals surface area contributed by atoms with Crippen LogP contribution in [0.2, 0.25) is 0 Å². The van der Waals surface area contributed by atoms with E-state index in [-0.39, 0.29) is 5.54 Å². The summed E-state index contributed by atoms with van der Waals surface area (Å²) in [6.07, 6.45) is 3.56. The van der Waals surface area contributed by atoms with E-state index in [0.717, 1.165) is 17.1 Å². The van der Waals surface area contributed by atoms with Gasteiger partial charge in [-0.1, -0.05) is 0 Å². The second-order valence-corrected chi connectivity index (χ2v) is 6.38. The second-order valence-electron chi connectivity index (χ2n) is 6.38. The number of nitrogens with zero attached hydrogens (tertiary/aromatic N) is 3.